The van der Waals surface area contributed by atoms with Crippen molar-refractivity contribution >= 4 is 5.78 Å². The number of nitrogens with zero attached hydrogens (tertiary/aromatic N) is 1. The van der Waals surface area contributed by atoms with E-state index in [0.29, 0.717) is 11.2 Å². The van der Waals surface area contributed by atoms with E-state index in [-0.39, 0.29) is 5.54 Å². The second kappa shape index (κ2) is 4.15. The van der Waals surface area contributed by atoms with Gasteiger partial charge in [0, 0.05) is 25.2 Å². The summed E-state index contributed by atoms with van der Waals surface area (Å²) < 4.78 is 0. The molecule has 1 heterocycles. The van der Waals surface area contributed by atoms with E-state index in [2.05, 4.69) is 32.7 Å². The van der Waals surface area contributed by atoms with E-state index < -0.39 is 0 Å². The number of hydrogen-bond acceptors (Lipinski definition) is 2. The number of ketones is 1. The Morgan fingerprint density at radius 2 is 1.88 bits per heavy atom. The zero-order valence-electron chi connectivity index (χ0n) is 11.6. The van der Waals surface area contributed by atoms with Gasteiger partial charge in [-0.1, -0.05) is 20.8 Å². The molecule has 0 saturated heterocycles. The standard InChI is InChI=1S/C15H25NO/c1-14(2,3)12-5-8-15(9-6-12)11-13(17)7-10-16(15)4/h7,10,12H,5-6,8-9,11H2,1-4H3. The van der Waals surface area contributed by atoms with Gasteiger partial charge in [-0.3, -0.25) is 4.79 Å². The SMILES string of the molecule is CN1C=CC(=O)CC12CCC(C(C)(C)C)CC2. The Labute approximate surface area is 105 Å². The molecular weight excluding hydrogens is 210 g/mol. The lowest BCUT2D eigenvalue weighted by Gasteiger charge is -2.49. The lowest BCUT2D eigenvalue weighted by molar-refractivity contribution is -0.119. The van der Waals surface area contributed by atoms with Gasteiger partial charge in [0.1, 0.15) is 0 Å². The lowest BCUT2D eigenvalue weighted by atomic mass is 9.65. The molecule has 1 aliphatic heterocycles. The second-order valence-electron chi connectivity index (χ2n) is 6.93. The number of hydrogen-bond donors (Lipinski definition) is 0. The van der Waals surface area contributed by atoms with Crippen molar-refractivity contribution in [2.24, 2.45) is 11.3 Å². The summed E-state index contributed by atoms with van der Waals surface area (Å²) >= 11 is 0. The summed E-state index contributed by atoms with van der Waals surface area (Å²) in [4.78, 5) is 13.9. The predicted molar refractivity (Wildman–Crippen MR) is 70.7 cm³/mol. The van der Waals surface area contributed by atoms with E-state index in [9.17, 15) is 4.79 Å². The monoisotopic (exact) mass is 235 g/mol. The van der Waals surface area contributed by atoms with E-state index in [0.717, 1.165) is 12.3 Å². The molecule has 0 bridgehead atoms. The van der Waals surface area contributed by atoms with Gasteiger partial charge in [-0.2, -0.15) is 0 Å². The van der Waals surface area contributed by atoms with Crippen molar-refractivity contribution in [3.05, 3.63) is 12.3 Å². The molecule has 1 saturated carbocycles. The van der Waals surface area contributed by atoms with Crippen molar-refractivity contribution in [1.82, 2.24) is 4.90 Å². The molecule has 1 aliphatic carbocycles. The highest BCUT2D eigenvalue weighted by atomic mass is 16.1. The maximum absolute atomic E-state index is 11.6. The molecule has 0 aromatic rings. The van der Waals surface area contributed by atoms with E-state index >= 15 is 0 Å². The van der Waals surface area contributed by atoms with Crippen LogP contribution in [0.5, 0.6) is 0 Å². The smallest absolute Gasteiger partial charge is 0.159 e. The summed E-state index contributed by atoms with van der Waals surface area (Å²) in [7, 11) is 2.13. The highest BCUT2D eigenvalue weighted by Crippen LogP contribution is 2.45. The Morgan fingerprint density at radius 1 is 1.29 bits per heavy atom. The first-order valence-electron chi connectivity index (χ1n) is 6.77. The van der Waals surface area contributed by atoms with Gasteiger partial charge in [0.2, 0.25) is 0 Å². The van der Waals surface area contributed by atoms with Crippen molar-refractivity contribution in [2.75, 3.05) is 7.05 Å². The van der Waals surface area contributed by atoms with Crippen molar-refractivity contribution in [1.29, 1.82) is 0 Å². The molecular formula is C15H25NO. The van der Waals surface area contributed by atoms with Crippen LogP contribution in [0.4, 0.5) is 0 Å². The molecule has 2 heteroatoms. The molecule has 1 spiro atoms. The van der Waals surface area contributed by atoms with E-state index in [4.69, 9.17) is 0 Å². The fourth-order valence-corrected chi connectivity index (χ4v) is 3.41. The van der Waals surface area contributed by atoms with Crippen LogP contribution < -0.4 is 0 Å². The third-order valence-corrected chi connectivity index (χ3v) is 4.88. The number of rotatable bonds is 0. The lowest BCUT2D eigenvalue weighted by Crippen LogP contribution is -2.50. The highest BCUT2D eigenvalue weighted by Gasteiger charge is 2.42. The zero-order valence-corrected chi connectivity index (χ0v) is 11.6. The quantitative estimate of drug-likeness (QED) is 0.641. The van der Waals surface area contributed by atoms with E-state index in [1.165, 1.54) is 25.7 Å². The first-order valence-corrected chi connectivity index (χ1v) is 6.77. The fraction of sp³-hybridized carbons (Fsp3) is 0.800. The molecule has 17 heavy (non-hydrogen) atoms. The summed E-state index contributed by atoms with van der Waals surface area (Å²) in [5.74, 6) is 1.11. The molecule has 0 aromatic carbocycles. The second-order valence-corrected chi connectivity index (χ2v) is 6.93. The largest absolute Gasteiger partial charge is 0.374 e. The summed E-state index contributed by atoms with van der Waals surface area (Å²) in [5, 5.41) is 0. The minimum Gasteiger partial charge on any atom is -0.374 e. The van der Waals surface area contributed by atoms with Crippen LogP contribution >= 0.6 is 0 Å². The minimum atomic E-state index is 0.133. The zero-order chi connectivity index (χ0) is 12.7. The Bertz CT molecular complexity index is 329. The number of allylic oxidation sites excluding steroid dienone is 1. The maximum atomic E-state index is 11.6. The Kier molecular flexibility index (Phi) is 3.09. The third-order valence-electron chi connectivity index (χ3n) is 4.88. The molecule has 0 N–H and O–H groups in total. The molecule has 0 amide bonds. The van der Waals surface area contributed by atoms with Crippen LogP contribution in [0, 0.1) is 11.3 Å². The van der Waals surface area contributed by atoms with Crippen LogP contribution in [0.15, 0.2) is 12.3 Å². The fourth-order valence-electron chi connectivity index (χ4n) is 3.41. The molecule has 2 nitrogen and oxygen atoms in total. The van der Waals surface area contributed by atoms with Crippen molar-refractivity contribution in [3.63, 3.8) is 0 Å². The predicted octanol–water partition coefficient (Wildman–Crippen LogP) is 3.38. The van der Waals surface area contributed by atoms with Crippen LogP contribution in [0.2, 0.25) is 0 Å². The first kappa shape index (κ1) is 12.7. The van der Waals surface area contributed by atoms with E-state index in [1.54, 1.807) is 6.08 Å². The normalized spacial score (nSPS) is 34.5. The van der Waals surface area contributed by atoms with Gasteiger partial charge in [0.25, 0.3) is 0 Å². The topological polar surface area (TPSA) is 20.3 Å². The van der Waals surface area contributed by atoms with Crippen LogP contribution in [0.3, 0.4) is 0 Å². The Morgan fingerprint density at radius 3 is 2.41 bits per heavy atom. The summed E-state index contributed by atoms with van der Waals surface area (Å²) in [5.41, 5.74) is 0.544. The molecule has 2 aliphatic rings. The molecule has 0 radical (unpaired) electrons. The van der Waals surface area contributed by atoms with Crippen LogP contribution in [0.1, 0.15) is 52.9 Å². The van der Waals surface area contributed by atoms with Gasteiger partial charge in [0.05, 0.1) is 0 Å². The van der Waals surface area contributed by atoms with Crippen molar-refractivity contribution in [3.8, 4) is 0 Å². The molecule has 0 aromatic heterocycles. The first-order chi connectivity index (χ1) is 7.83. The Hall–Kier alpha value is -0.790. The van der Waals surface area contributed by atoms with Gasteiger partial charge in [-0.15, -0.1) is 0 Å². The average Bonchev–Trinajstić information content (AvgIpc) is 2.23. The van der Waals surface area contributed by atoms with Crippen LogP contribution in [0.25, 0.3) is 0 Å². The van der Waals surface area contributed by atoms with Gasteiger partial charge >= 0.3 is 0 Å². The summed E-state index contributed by atoms with van der Waals surface area (Å²) in [6, 6.07) is 0. The van der Waals surface area contributed by atoms with Crippen LogP contribution in [-0.2, 0) is 4.79 Å². The number of carbonyl (C=O) groups is 1. The van der Waals surface area contributed by atoms with Gasteiger partial charge < -0.3 is 4.90 Å². The van der Waals surface area contributed by atoms with Crippen molar-refractivity contribution < 1.29 is 4.79 Å². The highest BCUT2D eigenvalue weighted by molar-refractivity contribution is 5.91. The molecule has 96 valence electrons. The minimum absolute atomic E-state index is 0.133. The van der Waals surface area contributed by atoms with Crippen LogP contribution in [-0.4, -0.2) is 23.3 Å². The summed E-state index contributed by atoms with van der Waals surface area (Å²) in [6.07, 6.45) is 9.27. The molecule has 0 atom stereocenters. The average molecular weight is 235 g/mol. The van der Waals surface area contributed by atoms with Crippen molar-refractivity contribution in [2.45, 2.75) is 58.4 Å². The number of carbonyl (C=O) groups excluding carboxylic acids is 1. The van der Waals surface area contributed by atoms with E-state index in [1.807, 2.05) is 6.20 Å². The Balaban J connectivity index is 2.07. The summed E-state index contributed by atoms with van der Waals surface area (Å²) in [6.45, 7) is 7.02. The molecule has 2 rings (SSSR count). The van der Waals surface area contributed by atoms with Gasteiger partial charge in [-0.05, 0) is 43.1 Å². The van der Waals surface area contributed by atoms with Gasteiger partial charge in [-0.25, -0.2) is 0 Å². The third kappa shape index (κ3) is 2.41. The van der Waals surface area contributed by atoms with Gasteiger partial charge in [0.15, 0.2) is 5.78 Å². The molecule has 1 fully saturated rings. The molecule has 0 unspecified atom stereocenters. The maximum Gasteiger partial charge on any atom is 0.159 e.